The molecule has 4 heterocycles. The standard InChI is InChI=1S/2C31H24N2.2C29H22N2/c1-32(27-13-9-12-24(22-27)23-10-3-2-4-11-23)25-18-20-26(21-19-25)33-30-16-7-5-14-28(30)29-15-6-8-17-31(29)33;1-32(25-17-15-24(16-18-25)23-9-3-2-4-10-23)26-19-21-27(22-20-26)33-30-13-7-5-11-28(30)29-12-6-8-14-31(29)33;1-30(27-16-8-10-21-9-2-3-11-24(21)27)22-17-19-23(20-18-22)31-28-14-6-4-12-25(28)26-13-5-7-15-29(26)31;1-30(25-15-14-21-8-2-3-9-22(21)20-25)23-16-18-24(19-17-23)31-28-12-6-4-10-26(28)27-11-5-7-13-29(27)31/h2*2-22H,1H3;2*2-20H,1H3. The summed E-state index contributed by atoms with van der Waals surface area (Å²) in [6.07, 6.45) is 0. The Kier molecular flexibility index (Phi) is 21.2. The minimum atomic E-state index is 1.16. The maximum absolute atomic E-state index is 2.35. The third-order valence-corrected chi connectivity index (χ3v) is 25.3. The fraction of sp³-hybridized carbons (Fsp3) is 0.0333. The third kappa shape index (κ3) is 15.0. The highest BCUT2D eigenvalue weighted by atomic mass is 15.1. The highest BCUT2D eigenvalue weighted by Crippen LogP contribution is 2.41. The van der Waals surface area contributed by atoms with Crippen LogP contribution in [0.2, 0.25) is 0 Å². The molecule has 0 aliphatic rings. The van der Waals surface area contributed by atoms with Crippen molar-refractivity contribution in [1.82, 2.24) is 18.3 Å². The molecule has 0 aliphatic heterocycles. The molecule has 0 unspecified atom stereocenters. The van der Waals surface area contributed by atoms with E-state index in [0.717, 1.165) is 11.4 Å². The van der Waals surface area contributed by atoms with Crippen LogP contribution in [0.25, 0.3) is 154 Å². The monoisotopic (exact) mass is 1640 g/mol. The van der Waals surface area contributed by atoms with Crippen molar-refractivity contribution >= 4 is 154 Å². The van der Waals surface area contributed by atoms with Crippen molar-refractivity contribution in [3.63, 3.8) is 0 Å². The Morgan fingerprint density at radius 2 is 0.375 bits per heavy atom. The smallest absolute Gasteiger partial charge is 0.0541 e. The molecule has 8 heteroatoms. The van der Waals surface area contributed by atoms with Crippen molar-refractivity contribution in [2.45, 2.75) is 0 Å². The first-order valence-corrected chi connectivity index (χ1v) is 43.8. The zero-order valence-corrected chi connectivity index (χ0v) is 71.8. The minimum absolute atomic E-state index is 1.16. The number of fused-ring (bicyclic) bond motifs is 14. The zero-order valence-electron chi connectivity index (χ0n) is 71.8. The second kappa shape index (κ2) is 34.6. The van der Waals surface area contributed by atoms with Crippen LogP contribution >= 0.6 is 0 Å². The molecule has 24 rings (SSSR count). The fourth-order valence-electron chi connectivity index (χ4n) is 18.6. The van der Waals surface area contributed by atoms with Crippen LogP contribution in [0.3, 0.4) is 0 Å². The van der Waals surface area contributed by atoms with Gasteiger partial charge < -0.3 is 37.9 Å². The number of aromatic nitrogens is 4. The van der Waals surface area contributed by atoms with E-state index < -0.39 is 0 Å². The van der Waals surface area contributed by atoms with Crippen LogP contribution in [0, 0.1) is 0 Å². The molecular weight excluding hydrogens is 1550 g/mol. The van der Waals surface area contributed by atoms with E-state index in [2.05, 4.69) is 551 Å². The molecule has 0 aliphatic carbocycles. The Morgan fingerprint density at radius 1 is 0.141 bits per heavy atom. The average molecular weight is 1650 g/mol. The van der Waals surface area contributed by atoms with Gasteiger partial charge in [0.15, 0.2) is 0 Å². The molecule has 0 amide bonds. The van der Waals surface area contributed by atoms with Gasteiger partial charge in [-0.1, -0.05) is 297 Å². The van der Waals surface area contributed by atoms with E-state index in [1.54, 1.807) is 0 Å². The van der Waals surface area contributed by atoms with Gasteiger partial charge in [0.2, 0.25) is 0 Å². The molecule has 4 aromatic heterocycles. The Balaban J connectivity index is 0.000000104. The molecular formula is C120H92N8. The van der Waals surface area contributed by atoms with Crippen LogP contribution in [0.1, 0.15) is 0 Å². The topological polar surface area (TPSA) is 32.7 Å². The van der Waals surface area contributed by atoms with Crippen LogP contribution in [-0.4, -0.2) is 46.5 Å². The number of hydrogen-bond acceptors (Lipinski definition) is 4. The van der Waals surface area contributed by atoms with Gasteiger partial charge in [-0.05, 0) is 226 Å². The second-order valence-electron chi connectivity index (χ2n) is 32.6. The van der Waals surface area contributed by atoms with Crippen LogP contribution in [0.15, 0.2) is 485 Å². The van der Waals surface area contributed by atoms with Crippen molar-refractivity contribution in [2.75, 3.05) is 47.8 Å². The summed E-state index contributed by atoms with van der Waals surface area (Å²) in [6.45, 7) is 0. The first kappa shape index (κ1) is 78.6. The van der Waals surface area contributed by atoms with E-state index >= 15 is 0 Å². The lowest BCUT2D eigenvalue weighted by molar-refractivity contribution is 1.16. The quantitative estimate of drug-likeness (QED) is 0.109. The Morgan fingerprint density at radius 3 is 0.734 bits per heavy atom. The molecule has 0 saturated carbocycles. The maximum Gasteiger partial charge on any atom is 0.0541 e. The van der Waals surface area contributed by atoms with Crippen molar-refractivity contribution in [1.29, 1.82) is 0 Å². The summed E-state index contributed by atoms with van der Waals surface area (Å²) in [5.41, 5.74) is 28.9. The number of nitrogens with zero attached hydrogens (tertiary/aromatic N) is 8. The normalized spacial score (nSPS) is 11.3. The molecule has 0 fully saturated rings. The summed E-state index contributed by atoms with van der Waals surface area (Å²) in [5.74, 6) is 0. The van der Waals surface area contributed by atoms with Crippen molar-refractivity contribution in [3.05, 3.63) is 485 Å². The second-order valence-corrected chi connectivity index (χ2v) is 32.6. The lowest BCUT2D eigenvalue weighted by atomic mass is 10.0. The van der Waals surface area contributed by atoms with Crippen molar-refractivity contribution < 1.29 is 0 Å². The molecule has 0 N–H and O–H groups in total. The summed E-state index contributed by atoms with van der Waals surface area (Å²) >= 11 is 0. The molecule has 24 aromatic rings. The molecule has 0 saturated heterocycles. The third-order valence-electron chi connectivity index (χ3n) is 25.3. The summed E-state index contributed by atoms with van der Waals surface area (Å²) in [4.78, 5) is 8.96. The van der Waals surface area contributed by atoms with Gasteiger partial charge in [0.05, 0.1) is 44.1 Å². The Bertz CT molecular complexity index is 7880. The largest absolute Gasteiger partial charge is 0.345 e. The molecule has 8 nitrogen and oxygen atoms in total. The van der Waals surface area contributed by atoms with Gasteiger partial charge in [0.1, 0.15) is 0 Å². The highest BCUT2D eigenvalue weighted by molar-refractivity contribution is 6.13. The number of hydrogen-bond donors (Lipinski definition) is 0. The van der Waals surface area contributed by atoms with Gasteiger partial charge in [0, 0.05) is 145 Å². The van der Waals surface area contributed by atoms with Gasteiger partial charge >= 0.3 is 0 Å². The van der Waals surface area contributed by atoms with Crippen LogP contribution in [0.5, 0.6) is 0 Å². The van der Waals surface area contributed by atoms with E-state index in [1.165, 1.54) is 188 Å². The van der Waals surface area contributed by atoms with Gasteiger partial charge in [-0.2, -0.15) is 0 Å². The molecule has 0 atom stereocenters. The van der Waals surface area contributed by atoms with E-state index in [0.29, 0.717) is 0 Å². The van der Waals surface area contributed by atoms with Crippen molar-refractivity contribution in [3.8, 4) is 45.0 Å². The summed E-state index contributed by atoms with van der Waals surface area (Å²) < 4.78 is 9.41. The van der Waals surface area contributed by atoms with Crippen molar-refractivity contribution in [2.24, 2.45) is 0 Å². The van der Waals surface area contributed by atoms with Crippen LogP contribution in [-0.2, 0) is 0 Å². The van der Waals surface area contributed by atoms with Gasteiger partial charge in [-0.15, -0.1) is 0 Å². The number of anilines is 8. The van der Waals surface area contributed by atoms with Gasteiger partial charge in [-0.25, -0.2) is 0 Å². The van der Waals surface area contributed by atoms with Crippen LogP contribution in [0.4, 0.5) is 45.5 Å². The van der Waals surface area contributed by atoms with Gasteiger partial charge in [0.25, 0.3) is 0 Å². The van der Waals surface area contributed by atoms with Crippen LogP contribution < -0.4 is 19.6 Å². The summed E-state index contributed by atoms with van der Waals surface area (Å²) in [6, 6.07) is 173. The lowest BCUT2D eigenvalue weighted by Crippen LogP contribution is -2.10. The summed E-state index contributed by atoms with van der Waals surface area (Å²) in [7, 11) is 8.50. The number of rotatable bonds is 14. The average Bonchev–Trinajstić information content (AvgIpc) is 1.61. The summed E-state index contributed by atoms with van der Waals surface area (Å²) in [5, 5.41) is 15.3. The van der Waals surface area contributed by atoms with E-state index in [9.17, 15) is 0 Å². The fourth-order valence-corrected chi connectivity index (χ4v) is 18.6. The molecule has 0 radical (unpaired) electrons. The van der Waals surface area contributed by atoms with E-state index in [-0.39, 0.29) is 0 Å². The maximum atomic E-state index is 2.35. The number of para-hydroxylation sites is 8. The Hall–Kier alpha value is -16.7. The predicted molar refractivity (Wildman–Crippen MR) is 547 cm³/mol. The Labute approximate surface area is 745 Å². The van der Waals surface area contributed by atoms with E-state index in [4.69, 9.17) is 0 Å². The minimum Gasteiger partial charge on any atom is -0.345 e. The van der Waals surface area contributed by atoms with E-state index in [1.807, 2.05) is 0 Å². The lowest BCUT2D eigenvalue weighted by Gasteiger charge is -2.22. The SMILES string of the molecule is CN(c1ccc(-c2ccccc2)cc1)c1ccc(-n2c3ccccc3c3ccccc32)cc1.CN(c1ccc(-n2c3ccccc3c3ccccc32)cc1)c1ccc2ccccc2c1.CN(c1ccc(-n2c3ccccc3c3ccccc32)cc1)c1cccc(-c2ccccc2)c1.CN(c1ccc(-n2c3ccccc3c3ccccc32)cc1)c1cccc2ccccc12. The highest BCUT2D eigenvalue weighted by Gasteiger charge is 2.20. The first-order chi connectivity index (χ1) is 63.2. The first-order valence-electron chi connectivity index (χ1n) is 43.8. The predicted octanol–water partition coefficient (Wildman–Crippen LogP) is 31.8. The molecule has 612 valence electrons. The zero-order chi connectivity index (χ0) is 86.0. The molecule has 0 bridgehead atoms. The number of benzene rings is 20. The molecule has 20 aromatic carbocycles. The molecule has 128 heavy (non-hydrogen) atoms. The van der Waals surface area contributed by atoms with Gasteiger partial charge in [-0.3, -0.25) is 0 Å². The molecule has 0 spiro atoms.